The van der Waals surface area contributed by atoms with Gasteiger partial charge in [-0.25, -0.2) is 9.97 Å². The number of carbonyl (C=O) groups excluding carboxylic acids is 1. The average Bonchev–Trinajstić information content (AvgIpc) is 3.21. The van der Waals surface area contributed by atoms with E-state index in [1.165, 1.54) is 10.4 Å². The van der Waals surface area contributed by atoms with Gasteiger partial charge >= 0.3 is 5.97 Å². The van der Waals surface area contributed by atoms with E-state index >= 15 is 0 Å². The second kappa shape index (κ2) is 10.00. The van der Waals surface area contributed by atoms with E-state index in [9.17, 15) is 4.79 Å². The summed E-state index contributed by atoms with van der Waals surface area (Å²) in [4.78, 5) is 27.6. The number of anilines is 2. The Morgan fingerprint density at radius 1 is 1.17 bits per heavy atom. The Labute approximate surface area is 208 Å². The van der Waals surface area contributed by atoms with E-state index < -0.39 is 0 Å². The minimum atomic E-state index is -0.106. The zero-order chi connectivity index (χ0) is 24.4. The first kappa shape index (κ1) is 23.2. The summed E-state index contributed by atoms with van der Waals surface area (Å²) in [7, 11) is 0. The van der Waals surface area contributed by atoms with Gasteiger partial charge in [-0.2, -0.15) is 0 Å². The van der Waals surface area contributed by atoms with Gasteiger partial charge in [0.15, 0.2) is 0 Å². The average molecular weight is 489 g/mol. The van der Waals surface area contributed by atoms with Gasteiger partial charge in [0.2, 0.25) is 0 Å². The smallest absolute Gasteiger partial charge is 0.306 e. The zero-order valence-corrected chi connectivity index (χ0v) is 20.9. The van der Waals surface area contributed by atoms with Gasteiger partial charge in [0.05, 0.1) is 18.2 Å². The zero-order valence-electron chi connectivity index (χ0n) is 20.1. The fraction of sp³-hybridized carbons (Fsp3) is 0.333. The summed E-state index contributed by atoms with van der Waals surface area (Å²) in [6.45, 7) is 6.25. The molecular formula is C27H28N4O3S. The first-order valence-corrected chi connectivity index (χ1v) is 12.7. The molecule has 0 amide bonds. The van der Waals surface area contributed by atoms with Crippen LogP contribution in [-0.2, 0) is 22.4 Å². The van der Waals surface area contributed by atoms with Gasteiger partial charge in [-0.05, 0) is 87.4 Å². The predicted molar refractivity (Wildman–Crippen MR) is 138 cm³/mol. The number of ether oxygens (including phenoxy) is 2. The lowest BCUT2D eigenvalue weighted by atomic mass is 9.86. The van der Waals surface area contributed by atoms with Crippen LogP contribution in [-0.4, -0.2) is 27.5 Å². The minimum absolute atomic E-state index is 0.106. The summed E-state index contributed by atoms with van der Waals surface area (Å²) in [5.74, 6) is 2.52. The number of hydrogen-bond acceptors (Lipinski definition) is 8. The fourth-order valence-electron chi connectivity index (χ4n) is 4.52. The van der Waals surface area contributed by atoms with Crippen molar-refractivity contribution in [2.75, 3.05) is 11.9 Å². The fourth-order valence-corrected chi connectivity index (χ4v) is 5.82. The van der Waals surface area contributed by atoms with Gasteiger partial charge in [-0.15, -0.1) is 11.3 Å². The Bertz CT molecular complexity index is 1370. The summed E-state index contributed by atoms with van der Waals surface area (Å²) in [5.41, 5.74) is 4.20. The normalized spacial score (nSPS) is 15.0. The van der Waals surface area contributed by atoms with Crippen LogP contribution in [0.15, 0.2) is 42.9 Å². The summed E-state index contributed by atoms with van der Waals surface area (Å²) in [6, 6.07) is 9.86. The second-order valence-electron chi connectivity index (χ2n) is 8.87. The third-order valence-electron chi connectivity index (χ3n) is 6.26. The lowest BCUT2D eigenvalue weighted by molar-refractivity contribution is -0.144. The number of pyridine rings is 1. The molecule has 0 radical (unpaired) electrons. The second-order valence-corrected chi connectivity index (χ2v) is 9.95. The van der Waals surface area contributed by atoms with Crippen LogP contribution in [0.25, 0.3) is 10.2 Å². The SMILES string of the molecule is CCOC(=O)CC1CCc2c(sc3ncnc(Nc4ccc(Oc5ccc(C)nc5)c(C)c4)c23)C1. The maximum Gasteiger partial charge on any atom is 0.306 e. The van der Waals surface area contributed by atoms with E-state index in [-0.39, 0.29) is 5.97 Å². The Morgan fingerprint density at radius 2 is 2.06 bits per heavy atom. The molecule has 1 N–H and O–H groups in total. The molecule has 0 saturated heterocycles. The molecule has 0 spiro atoms. The van der Waals surface area contributed by atoms with Gasteiger partial charge < -0.3 is 14.8 Å². The molecule has 3 aromatic heterocycles. The summed E-state index contributed by atoms with van der Waals surface area (Å²) < 4.78 is 11.2. The van der Waals surface area contributed by atoms with E-state index in [2.05, 4.69) is 26.3 Å². The third-order valence-corrected chi connectivity index (χ3v) is 7.42. The van der Waals surface area contributed by atoms with Crippen molar-refractivity contribution in [2.24, 2.45) is 5.92 Å². The number of benzene rings is 1. The highest BCUT2D eigenvalue weighted by Gasteiger charge is 2.27. The lowest BCUT2D eigenvalue weighted by Gasteiger charge is -2.21. The van der Waals surface area contributed by atoms with Crippen molar-refractivity contribution >= 4 is 39.0 Å². The molecule has 0 fully saturated rings. The number of nitrogens with one attached hydrogen (secondary N) is 1. The minimum Gasteiger partial charge on any atom is -0.466 e. The summed E-state index contributed by atoms with van der Waals surface area (Å²) in [6.07, 6.45) is 6.58. The quantitative estimate of drug-likeness (QED) is 0.306. The number of aromatic nitrogens is 3. The number of carbonyl (C=O) groups is 1. The molecule has 7 nitrogen and oxygen atoms in total. The number of hydrogen-bond donors (Lipinski definition) is 1. The van der Waals surface area contributed by atoms with Crippen LogP contribution >= 0.6 is 11.3 Å². The Balaban J connectivity index is 1.35. The first-order chi connectivity index (χ1) is 17.0. The molecule has 0 bridgehead atoms. The van der Waals surface area contributed by atoms with E-state index in [4.69, 9.17) is 9.47 Å². The van der Waals surface area contributed by atoms with Crippen molar-refractivity contribution in [2.45, 2.75) is 46.5 Å². The van der Waals surface area contributed by atoms with Crippen molar-refractivity contribution in [3.63, 3.8) is 0 Å². The molecule has 1 aliphatic carbocycles. The number of rotatable bonds is 7. The van der Waals surface area contributed by atoms with Crippen molar-refractivity contribution in [3.05, 3.63) is 64.6 Å². The van der Waals surface area contributed by atoms with Crippen LogP contribution in [0.3, 0.4) is 0 Å². The summed E-state index contributed by atoms with van der Waals surface area (Å²) >= 11 is 1.71. The highest BCUT2D eigenvalue weighted by Crippen LogP contribution is 2.41. The van der Waals surface area contributed by atoms with E-state index in [1.54, 1.807) is 23.9 Å². The van der Waals surface area contributed by atoms with Crippen LogP contribution in [0, 0.1) is 19.8 Å². The van der Waals surface area contributed by atoms with Gasteiger partial charge in [-0.1, -0.05) is 0 Å². The van der Waals surface area contributed by atoms with Crippen LogP contribution < -0.4 is 10.1 Å². The van der Waals surface area contributed by atoms with Gasteiger partial charge in [0.1, 0.15) is 28.5 Å². The molecule has 1 atom stereocenters. The highest BCUT2D eigenvalue weighted by atomic mass is 32.1. The highest BCUT2D eigenvalue weighted by molar-refractivity contribution is 7.19. The molecule has 5 rings (SSSR count). The van der Waals surface area contributed by atoms with Crippen molar-refractivity contribution < 1.29 is 14.3 Å². The summed E-state index contributed by atoms with van der Waals surface area (Å²) in [5, 5.41) is 4.58. The Morgan fingerprint density at radius 3 is 2.83 bits per heavy atom. The topological polar surface area (TPSA) is 86.2 Å². The predicted octanol–water partition coefficient (Wildman–Crippen LogP) is 6.30. The molecule has 35 heavy (non-hydrogen) atoms. The van der Waals surface area contributed by atoms with E-state index in [0.717, 1.165) is 58.0 Å². The molecule has 1 aromatic carbocycles. The number of aryl methyl sites for hydroxylation is 3. The molecular weight excluding hydrogens is 460 g/mol. The molecule has 8 heteroatoms. The third kappa shape index (κ3) is 5.12. The standard InChI is InChI=1S/C27H28N4O3S/c1-4-33-24(32)13-18-6-9-21-23(12-18)35-27-25(21)26(29-15-30-27)31-19-7-10-22(16(2)11-19)34-20-8-5-17(3)28-14-20/h5,7-8,10-11,14-15,18H,4,6,9,12-13H2,1-3H3,(H,29,30,31). The maximum atomic E-state index is 12.0. The number of thiophene rings is 1. The van der Waals surface area contributed by atoms with Crippen molar-refractivity contribution in [1.29, 1.82) is 0 Å². The Hall–Kier alpha value is -3.52. The number of fused-ring (bicyclic) bond motifs is 3. The first-order valence-electron chi connectivity index (χ1n) is 11.9. The molecule has 4 aromatic rings. The molecule has 0 saturated carbocycles. The van der Waals surface area contributed by atoms with Crippen LogP contribution in [0.5, 0.6) is 11.5 Å². The lowest BCUT2D eigenvalue weighted by Crippen LogP contribution is -2.18. The molecule has 180 valence electrons. The van der Waals surface area contributed by atoms with Gasteiger partial charge in [-0.3, -0.25) is 9.78 Å². The maximum absolute atomic E-state index is 12.0. The largest absolute Gasteiger partial charge is 0.466 e. The Kier molecular flexibility index (Phi) is 6.63. The van der Waals surface area contributed by atoms with Crippen LogP contribution in [0.1, 0.15) is 41.5 Å². The van der Waals surface area contributed by atoms with Gasteiger partial charge in [0.25, 0.3) is 0 Å². The number of nitrogens with zero attached hydrogens (tertiary/aromatic N) is 3. The molecule has 1 aliphatic rings. The van der Waals surface area contributed by atoms with Crippen molar-refractivity contribution in [3.8, 4) is 11.5 Å². The molecule has 0 aliphatic heterocycles. The molecule has 3 heterocycles. The van der Waals surface area contributed by atoms with Crippen LogP contribution in [0.2, 0.25) is 0 Å². The van der Waals surface area contributed by atoms with E-state index in [1.807, 2.05) is 45.0 Å². The molecule has 1 unspecified atom stereocenters. The number of esters is 1. The van der Waals surface area contributed by atoms with Crippen LogP contribution in [0.4, 0.5) is 11.5 Å². The monoisotopic (exact) mass is 488 g/mol. The van der Waals surface area contributed by atoms with Gasteiger partial charge in [0, 0.05) is 22.7 Å². The van der Waals surface area contributed by atoms with E-state index in [0.29, 0.717) is 24.7 Å². The van der Waals surface area contributed by atoms with Crippen molar-refractivity contribution in [1.82, 2.24) is 15.0 Å².